The number of H-pyrrole nitrogens is 1. The Morgan fingerprint density at radius 2 is 2.04 bits per heavy atom. The molecule has 1 aromatic carbocycles. The average molecular weight is 349 g/mol. The number of carbonyl (C=O) groups excluding carboxylic acids is 1. The first-order valence-corrected chi connectivity index (χ1v) is 8.56. The molecule has 26 heavy (non-hydrogen) atoms. The molecule has 0 spiro atoms. The topological polar surface area (TPSA) is 92.7 Å². The number of hydrogen-bond acceptors (Lipinski definition) is 4. The van der Waals surface area contributed by atoms with Gasteiger partial charge in [-0.2, -0.15) is 9.78 Å². The van der Waals surface area contributed by atoms with Crippen molar-refractivity contribution in [1.29, 1.82) is 0 Å². The second-order valence-corrected chi connectivity index (χ2v) is 6.67. The number of anilines is 1. The molecule has 1 aliphatic carbocycles. The molecule has 0 radical (unpaired) electrons. The van der Waals surface area contributed by atoms with Crippen LogP contribution in [0, 0.1) is 13.8 Å². The lowest BCUT2D eigenvalue weighted by Gasteiger charge is -2.08. The summed E-state index contributed by atoms with van der Waals surface area (Å²) in [5.74, 6) is 0.961. The van der Waals surface area contributed by atoms with Crippen LogP contribution in [0.1, 0.15) is 46.1 Å². The molecular weight excluding hydrogens is 330 g/mol. The molecule has 7 heteroatoms. The zero-order valence-corrected chi connectivity index (χ0v) is 14.6. The molecule has 0 saturated heterocycles. The van der Waals surface area contributed by atoms with E-state index in [-0.39, 0.29) is 11.5 Å². The molecule has 2 heterocycles. The zero-order valence-electron chi connectivity index (χ0n) is 14.6. The number of rotatable bonds is 4. The quantitative estimate of drug-likeness (QED) is 0.757. The second-order valence-electron chi connectivity index (χ2n) is 6.67. The molecule has 4 rings (SSSR count). The molecule has 1 fully saturated rings. The SMILES string of the molecule is Cc1cccc(C(=O)Nc2cc(C3CC3)nn2-c2nc(C)cc(=O)[nH]2)c1. The van der Waals surface area contributed by atoms with Crippen molar-refractivity contribution in [3.63, 3.8) is 0 Å². The lowest BCUT2D eigenvalue weighted by Crippen LogP contribution is -2.19. The van der Waals surface area contributed by atoms with Gasteiger partial charge in [0.25, 0.3) is 11.5 Å². The highest BCUT2D eigenvalue weighted by molar-refractivity contribution is 6.04. The zero-order chi connectivity index (χ0) is 18.3. The summed E-state index contributed by atoms with van der Waals surface area (Å²) in [6.07, 6.45) is 2.17. The van der Waals surface area contributed by atoms with Gasteiger partial charge in [0.1, 0.15) is 5.82 Å². The summed E-state index contributed by atoms with van der Waals surface area (Å²) in [7, 11) is 0. The Morgan fingerprint density at radius 1 is 1.23 bits per heavy atom. The molecule has 1 amide bonds. The van der Waals surface area contributed by atoms with E-state index in [0.29, 0.717) is 28.9 Å². The Labute approximate surface area is 150 Å². The number of amides is 1. The molecule has 3 aromatic rings. The molecule has 0 bridgehead atoms. The first-order chi connectivity index (χ1) is 12.5. The molecule has 7 nitrogen and oxygen atoms in total. The summed E-state index contributed by atoms with van der Waals surface area (Å²) >= 11 is 0. The van der Waals surface area contributed by atoms with Gasteiger partial charge in [0.2, 0.25) is 5.95 Å². The standard InChI is InChI=1S/C19H19N5O2/c1-11-4-3-5-14(8-11)18(26)21-16-10-15(13-6-7-13)23-24(16)19-20-12(2)9-17(25)22-19/h3-5,8-10,13H,6-7H2,1-2H3,(H,21,26)(H,20,22,25). The molecule has 1 aliphatic rings. The average Bonchev–Trinajstić information content (AvgIpc) is 3.35. The number of nitrogens with one attached hydrogen (secondary N) is 2. The first kappa shape index (κ1) is 16.3. The molecular formula is C19H19N5O2. The third-order valence-corrected chi connectivity index (χ3v) is 4.30. The second kappa shape index (κ2) is 6.25. The number of carbonyl (C=O) groups is 1. The van der Waals surface area contributed by atoms with E-state index in [9.17, 15) is 9.59 Å². The van der Waals surface area contributed by atoms with Crippen LogP contribution in [-0.4, -0.2) is 25.7 Å². The van der Waals surface area contributed by atoms with Crippen molar-refractivity contribution in [2.75, 3.05) is 5.32 Å². The maximum Gasteiger partial charge on any atom is 0.256 e. The number of nitrogens with zero attached hydrogens (tertiary/aromatic N) is 3. The number of benzene rings is 1. The Hall–Kier alpha value is -3.22. The maximum atomic E-state index is 12.6. The van der Waals surface area contributed by atoms with Gasteiger partial charge in [-0.1, -0.05) is 17.7 Å². The fourth-order valence-corrected chi connectivity index (χ4v) is 2.87. The minimum Gasteiger partial charge on any atom is -0.306 e. The summed E-state index contributed by atoms with van der Waals surface area (Å²) in [6.45, 7) is 3.68. The molecule has 132 valence electrons. The third-order valence-electron chi connectivity index (χ3n) is 4.30. The maximum absolute atomic E-state index is 12.6. The number of hydrogen-bond donors (Lipinski definition) is 2. The van der Waals surface area contributed by atoms with Gasteiger partial charge in [0.15, 0.2) is 0 Å². The Kier molecular flexibility index (Phi) is 3.91. The van der Waals surface area contributed by atoms with E-state index in [1.165, 1.54) is 10.7 Å². The smallest absolute Gasteiger partial charge is 0.256 e. The van der Waals surface area contributed by atoms with E-state index in [0.717, 1.165) is 24.1 Å². The van der Waals surface area contributed by atoms with Gasteiger partial charge in [0.05, 0.1) is 5.69 Å². The van der Waals surface area contributed by atoms with Crippen LogP contribution in [0.15, 0.2) is 41.2 Å². The van der Waals surface area contributed by atoms with Crippen LogP contribution in [0.5, 0.6) is 0 Å². The number of aryl methyl sites for hydroxylation is 2. The van der Waals surface area contributed by atoms with Crippen LogP contribution < -0.4 is 10.9 Å². The fraction of sp³-hybridized carbons (Fsp3) is 0.263. The normalized spacial score (nSPS) is 13.6. The van der Waals surface area contributed by atoms with Gasteiger partial charge < -0.3 is 5.32 Å². The first-order valence-electron chi connectivity index (χ1n) is 8.56. The Morgan fingerprint density at radius 3 is 2.73 bits per heavy atom. The fourth-order valence-electron chi connectivity index (χ4n) is 2.87. The van der Waals surface area contributed by atoms with Crippen molar-refractivity contribution in [1.82, 2.24) is 19.7 Å². The predicted octanol–water partition coefficient (Wildman–Crippen LogP) is 2.70. The van der Waals surface area contributed by atoms with Crippen molar-refractivity contribution < 1.29 is 4.79 Å². The minimum absolute atomic E-state index is 0.229. The van der Waals surface area contributed by atoms with E-state index < -0.39 is 0 Å². The lowest BCUT2D eigenvalue weighted by molar-refractivity contribution is 0.102. The third kappa shape index (κ3) is 3.28. The molecule has 1 saturated carbocycles. The van der Waals surface area contributed by atoms with Crippen LogP contribution >= 0.6 is 0 Å². The van der Waals surface area contributed by atoms with Crippen molar-refractivity contribution in [2.24, 2.45) is 0 Å². The lowest BCUT2D eigenvalue weighted by atomic mass is 10.1. The minimum atomic E-state index is -0.257. The summed E-state index contributed by atoms with van der Waals surface area (Å²) in [6, 6.07) is 10.6. The van der Waals surface area contributed by atoms with Gasteiger partial charge in [-0.3, -0.25) is 14.6 Å². The van der Waals surface area contributed by atoms with Gasteiger partial charge in [0, 0.05) is 29.3 Å². The summed E-state index contributed by atoms with van der Waals surface area (Å²) in [5.41, 5.74) is 2.80. The van der Waals surface area contributed by atoms with E-state index in [4.69, 9.17) is 0 Å². The molecule has 0 aliphatic heterocycles. The molecule has 0 unspecified atom stereocenters. The highest BCUT2D eigenvalue weighted by Gasteiger charge is 2.28. The van der Waals surface area contributed by atoms with Crippen molar-refractivity contribution >= 4 is 11.7 Å². The summed E-state index contributed by atoms with van der Waals surface area (Å²) < 4.78 is 1.50. The van der Waals surface area contributed by atoms with Crippen LogP contribution in [0.2, 0.25) is 0 Å². The van der Waals surface area contributed by atoms with Gasteiger partial charge in [-0.05, 0) is 38.8 Å². The van der Waals surface area contributed by atoms with Crippen LogP contribution in [0.25, 0.3) is 5.95 Å². The van der Waals surface area contributed by atoms with E-state index >= 15 is 0 Å². The summed E-state index contributed by atoms with van der Waals surface area (Å²) in [4.78, 5) is 31.5. The number of aromatic amines is 1. The Bertz CT molecular complexity index is 1050. The monoisotopic (exact) mass is 349 g/mol. The molecule has 2 N–H and O–H groups in total. The highest BCUT2D eigenvalue weighted by atomic mass is 16.1. The largest absolute Gasteiger partial charge is 0.306 e. The van der Waals surface area contributed by atoms with Gasteiger partial charge in [-0.15, -0.1) is 0 Å². The highest BCUT2D eigenvalue weighted by Crippen LogP contribution is 2.40. The van der Waals surface area contributed by atoms with Gasteiger partial charge in [-0.25, -0.2) is 4.98 Å². The van der Waals surface area contributed by atoms with E-state index in [1.807, 2.05) is 31.2 Å². The van der Waals surface area contributed by atoms with Crippen molar-refractivity contribution in [3.8, 4) is 5.95 Å². The van der Waals surface area contributed by atoms with E-state index in [1.54, 1.807) is 13.0 Å². The van der Waals surface area contributed by atoms with Crippen LogP contribution in [0.4, 0.5) is 5.82 Å². The van der Waals surface area contributed by atoms with E-state index in [2.05, 4.69) is 20.4 Å². The van der Waals surface area contributed by atoms with Crippen LogP contribution in [-0.2, 0) is 0 Å². The molecule has 2 aromatic heterocycles. The molecule has 0 atom stereocenters. The predicted molar refractivity (Wildman–Crippen MR) is 97.8 cm³/mol. The Balaban J connectivity index is 1.73. The van der Waals surface area contributed by atoms with Gasteiger partial charge >= 0.3 is 0 Å². The van der Waals surface area contributed by atoms with Crippen molar-refractivity contribution in [3.05, 3.63) is 69.3 Å². The number of aromatic nitrogens is 4. The van der Waals surface area contributed by atoms with Crippen LogP contribution in [0.3, 0.4) is 0 Å². The summed E-state index contributed by atoms with van der Waals surface area (Å²) in [5, 5.41) is 7.45. The van der Waals surface area contributed by atoms with Crippen molar-refractivity contribution in [2.45, 2.75) is 32.6 Å².